The number of hydrogen-bond acceptors (Lipinski definition) is 4. The first-order valence-electron chi connectivity index (χ1n) is 6.62. The van der Waals surface area contributed by atoms with Crippen molar-refractivity contribution in [2.24, 2.45) is 17.8 Å². The summed E-state index contributed by atoms with van der Waals surface area (Å²) in [5, 5.41) is 5.68. The zero-order valence-corrected chi connectivity index (χ0v) is 11.8. The van der Waals surface area contributed by atoms with Crippen molar-refractivity contribution in [1.82, 2.24) is 10.6 Å². The molecule has 3 atom stereocenters. The van der Waals surface area contributed by atoms with Crippen molar-refractivity contribution in [3.05, 3.63) is 0 Å². The van der Waals surface area contributed by atoms with E-state index in [1.165, 1.54) is 0 Å². The van der Waals surface area contributed by atoms with Crippen LogP contribution in [-0.4, -0.2) is 45.0 Å². The van der Waals surface area contributed by atoms with Gasteiger partial charge in [-0.05, 0) is 12.3 Å². The topological polar surface area (TPSA) is 75.3 Å². The van der Waals surface area contributed by atoms with E-state index in [0.29, 0.717) is 32.0 Å². The molecule has 2 N–H and O–H groups in total. The number of rotatable bonds is 3. The van der Waals surface area contributed by atoms with Gasteiger partial charge in [0.05, 0.1) is 11.0 Å². The predicted octanol–water partition coefficient (Wildman–Crippen LogP) is -0.219. The number of hydrogen-bond donors (Lipinski definition) is 2. The highest BCUT2D eigenvalue weighted by Gasteiger charge is 2.47. The Labute approximate surface area is 109 Å². The molecular formula is C12H22N2O3S. The molecule has 6 heteroatoms. The summed E-state index contributed by atoms with van der Waals surface area (Å²) >= 11 is 0. The first-order chi connectivity index (χ1) is 8.42. The average molecular weight is 274 g/mol. The molecule has 0 aliphatic carbocycles. The predicted molar refractivity (Wildman–Crippen MR) is 69.9 cm³/mol. The van der Waals surface area contributed by atoms with Gasteiger partial charge in [-0.15, -0.1) is 0 Å². The van der Waals surface area contributed by atoms with Crippen molar-refractivity contribution < 1.29 is 13.2 Å². The molecule has 0 radical (unpaired) electrons. The van der Waals surface area contributed by atoms with Crippen molar-refractivity contribution in [2.45, 2.75) is 25.5 Å². The van der Waals surface area contributed by atoms with Crippen molar-refractivity contribution in [2.75, 3.05) is 25.4 Å². The SMILES string of the molecule is CC(C)CNC(=O)[C@H]1CCS(=O)(=O)[C@@H]2CNC[C@H]12. The van der Waals surface area contributed by atoms with Crippen LogP contribution in [0.2, 0.25) is 0 Å². The van der Waals surface area contributed by atoms with Crippen LogP contribution in [0.1, 0.15) is 20.3 Å². The molecule has 2 saturated heterocycles. The first kappa shape index (κ1) is 13.8. The Morgan fingerprint density at radius 3 is 2.78 bits per heavy atom. The summed E-state index contributed by atoms with van der Waals surface area (Å²) in [6.45, 7) is 5.90. The summed E-state index contributed by atoms with van der Waals surface area (Å²) in [6.07, 6.45) is 0.467. The summed E-state index contributed by atoms with van der Waals surface area (Å²) in [6, 6.07) is 0. The Hall–Kier alpha value is -0.620. The summed E-state index contributed by atoms with van der Waals surface area (Å²) in [5.74, 6) is 0.398. The van der Waals surface area contributed by atoms with E-state index in [9.17, 15) is 13.2 Å². The Balaban J connectivity index is 2.04. The quantitative estimate of drug-likeness (QED) is 0.746. The fourth-order valence-corrected chi connectivity index (χ4v) is 4.96. The maximum Gasteiger partial charge on any atom is 0.223 e. The van der Waals surface area contributed by atoms with Crippen LogP contribution >= 0.6 is 0 Å². The van der Waals surface area contributed by atoms with Crippen LogP contribution < -0.4 is 10.6 Å². The maximum atomic E-state index is 12.1. The molecule has 2 aliphatic rings. The summed E-state index contributed by atoms with van der Waals surface area (Å²) in [7, 11) is -3.00. The van der Waals surface area contributed by atoms with E-state index in [1.54, 1.807) is 0 Å². The monoisotopic (exact) mass is 274 g/mol. The van der Waals surface area contributed by atoms with Gasteiger partial charge in [-0.1, -0.05) is 13.8 Å². The number of fused-ring (bicyclic) bond motifs is 1. The molecule has 2 fully saturated rings. The third-order valence-electron chi connectivity index (χ3n) is 3.92. The van der Waals surface area contributed by atoms with Crippen molar-refractivity contribution in [1.29, 1.82) is 0 Å². The number of carbonyl (C=O) groups is 1. The lowest BCUT2D eigenvalue weighted by Gasteiger charge is -2.32. The van der Waals surface area contributed by atoms with Crippen LogP contribution in [0, 0.1) is 17.8 Å². The fraction of sp³-hybridized carbons (Fsp3) is 0.917. The van der Waals surface area contributed by atoms with Crippen LogP contribution in [-0.2, 0) is 14.6 Å². The van der Waals surface area contributed by atoms with Gasteiger partial charge in [0.2, 0.25) is 5.91 Å². The van der Waals surface area contributed by atoms with Gasteiger partial charge in [-0.25, -0.2) is 8.42 Å². The lowest BCUT2D eigenvalue weighted by Crippen LogP contribution is -2.47. The van der Waals surface area contributed by atoms with Crippen LogP contribution in [0.15, 0.2) is 0 Å². The average Bonchev–Trinajstić information content (AvgIpc) is 2.76. The third kappa shape index (κ3) is 2.69. The minimum absolute atomic E-state index is 0.0253. The van der Waals surface area contributed by atoms with Gasteiger partial charge in [0, 0.05) is 31.5 Å². The Morgan fingerprint density at radius 1 is 1.39 bits per heavy atom. The van der Waals surface area contributed by atoms with Crippen molar-refractivity contribution >= 4 is 15.7 Å². The molecule has 0 bridgehead atoms. The number of carbonyl (C=O) groups excluding carboxylic acids is 1. The fourth-order valence-electron chi connectivity index (χ4n) is 2.89. The molecule has 5 nitrogen and oxygen atoms in total. The van der Waals surface area contributed by atoms with Crippen LogP contribution in [0.5, 0.6) is 0 Å². The molecule has 2 heterocycles. The van der Waals surface area contributed by atoms with Crippen LogP contribution in [0.4, 0.5) is 0 Å². The largest absolute Gasteiger partial charge is 0.356 e. The Morgan fingerprint density at radius 2 is 2.11 bits per heavy atom. The van der Waals surface area contributed by atoms with Crippen molar-refractivity contribution in [3.63, 3.8) is 0 Å². The lowest BCUT2D eigenvalue weighted by molar-refractivity contribution is -0.126. The minimum atomic E-state index is -3.00. The zero-order valence-electron chi connectivity index (χ0n) is 11.0. The molecule has 0 saturated carbocycles. The molecule has 0 unspecified atom stereocenters. The van der Waals surface area contributed by atoms with Gasteiger partial charge in [-0.3, -0.25) is 4.79 Å². The number of amides is 1. The van der Waals surface area contributed by atoms with E-state index in [-0.39, 0.29) is 28.7 Å². The normalized spacial score (nSPS) is 34.3. The second-order valence-corrected chi connectivity index (χ2v) is 8.10. The highest BCUT2D eigenvalue weighted by atomic mass is 32.2. The van der Waals surface area contributed by atoms with Gasteiger partial charge >= 0.3 is 0 Å². The van der Waals surface area contributed by atoms with E-state index in [4.69, 9.17) is 0 Å². The molecule has 18 heavy (non-hydrogen) atoms. The van der Waals surface area contributed by atoms with E-state index in [1.807, 2.05) is 13.8 Å². The van der Waals surface area contributed by atoms with Gasteiger partial charge in [0.25, 0.3) is 0 Å². The Kier molecular flexibility index (Phi) is 3.96. The third-order valence-corrected chi connectivity index (χ3v) is 6.16. The van der Waals surface area contributed by atoms with E-state index in [0.717, 1.165) is 0 Å². The summed E-state index contributed by atoms with van der Waals surface area (Å²) in [5.41, 5.74) is 0. The molecule has 0 aromatic heterocycles. The smallest absolute Gasteiger partial charge is 0.223 e. The highest BCUT2D eigenvalue weighted by molar-refractivity contribution is 7.92. The van der Waals surface area contributed by atoms with E-state index in [2.05, 4.69) is 10.6 Å². The van der Waals surface area contributed by atoms with E-state index >= 15 is 0 Å². The molecule has 2 aliphatic heterocycles. The van der Waals surface area contributed by atoms with Gasteiger partial charge in [0.1, 0.15) is 0 Å². The molecular weight excluding hydrogens is 252 g/mol. The van der Waals surface area contributed by atoms with Gasteiger partial charge in [0.15, 0.2) is 9.84 Å². The first-order valence-corrected chi connectivity index (χ1v) is 8.33. The maximum absolute atomic E-state index is 12.1. The molecule has 2 rings (SSSR count). The molecule has 0 aromatic rings. The van der Waals surface area contributed by atoms with Crippen molar-refractivity contribution in [3.8, 4) is 0 Å². The van der Waals surface area contributed by atoms with E-state index < -0.39 is 9.84 Å². The molecule has 0 spiro atoms. The summed E-state index contributed by atoms with van der Waals surface area (Å²) in [4.78, 5) is 12.1. The molecule has 0 aromatic carbocycles. The Bertz CT molecular complexity index is 419. The highest BCUT2D eigenvalue weighted by Crippen LogP contribution is 2.33. The number of nitrogens with one attached hydrogen (secondary N) is 2. The zero-order chi connectivity index (χ0) is 13.3. The number of sulfone groups is 1. The molecule has 1 amide bonds. The minimum Gasteiger partial charge on any atom is -0.356 e. The van der Waals surface area contributed by atoms with Crippen LogP contribution in [0.3, 0.4) is 0 Å². The second kappa shape index (κ2) is 5.17. The van der Waals surface area contributed by atoms with Gasteiger partial charge in [-0.2, -0.15) is 0 Å². The van der Waals surface area contributed by atoms with Crippen LogP contribution in [0.25, 0.3) is 0 Å². The van der Waals surface area contributed by atoms with Gasteiger partial charge < -0.3 is 10.6 Å². The second-order valence-electron chi connectivity index (χ2n) is 5.76. The lowest BCUT2D eigenvalue weighted by atomic mass is 9.87. The molecule has 104 valence electrons. The summed E-state index contributed by atoms with van der Waals surface area (Å²) < 4.78 is 23.9. The standard InChI is InChI=1S/C12H22N2O3S/c1-8(2)5-14-12(15)9-3-4-18(16,17)11-7-13-6-10(9)11/h8-11,13H,3-7H2,1-2H3,(H,14,15)/t9-,10+,11+/m0/s1.